The Labute approximate surface area is 145 Å². The van der Waals surface area contributed by atoms with Gasteiger partial charge >= 0.3 is 5.97 Å². The van der Waals surface area contributed by atoms with Gasteiger partial charge < -0.3 is 14.8 Å². The Balaban J connectivity index is 1.81. The lowest BCUT2D eigenvalue weighted by Crippen LogP contribution is -2.20. The van der Waals surface area contributed by atoms with Crippen LogP contribution in [0.4, 0.5) is 10.1 Å². The molecule has 25 heavy (non-hydrogen) atoms. The molecule has 2 aromatic carbocycles. The van der Waals surface area contributed by atoms with Crippen molar-refractivity contribution in [3.63, 3.8) is 0 Å². The van der Waals surface area contributed by atoms with Gasteiger partial charge in [-0.05, 0) is 48.4 Å². The van der Waals surface area contributed by atoms with Gasteiger partial charge in [-0.2, -0.15) is 0 Å². The summed E-state index contributed by atoms with van der Waals surface area (Å²) in [6.45, 7) is 1.17. The van der Waals surface area contributed by atoms with Gasteiger partial charge in [-0.1, -0.05) is 18.2 Å². The molecule has 1 amide bonds. The van der Waals surface area contributed by atoms with Gasteiger partial charge in [-0.25, -0.2) is 9.18 Å². The van der Waals surface area contributed by atoms with E-state index in [-0.39, 0.29) is 0 Å². The van der Waals surface area contributed by atoms with Crippen LogP contribution in [0, 0.1) is 12.7 Å². The third kappa shape index (κ3) is 5.76. The standard InChI is InChI=1S/C19H18FNO4/c1-13-3-7-15(11-17(13)20)21-18(22)12-25-19(23)10-6-14-4-8-16(24-2)9-5-14/h3-11H,12H2,1-2H3,(H,21,22)/b10-6+. The summed E-state index contributed by atoms with van der Waals surface area (Å²) in [7, 11) is 1.57. The number of hydrogen-bond donors (Lipinski definition) is 1. The second-order valence-electron chi connectivity index (χ2n) is 5.23. The molecule has 5 nitrogen and oxygen atoms in total. The fourth-order valence-corrected chi connectivity index (χ4v) is 1.93. The van der Waals surface area contributed by atoms with Gasteiger partial charge in [0.1, 0.15) is 11.6 Å². The molecule has 0 saturated carbocycles. The lowest BCUT2D eigenvalue weighted by Gasteiger charge is -2.06. The second-order valence-corrected chi connectivity index (χ2v) is 5.23. The number of halogens is 1. The van der Waals surface area contributed by atoms with Gasteiger partial charge in [0.15, 0.2) is 6.61 Å². The molecule has 0 bridgehead atoms. The van der Waals surface area contributed by atoms with Crippen molar-refractivity contribution in [2.24, 2.45) is 0 Å². The number of rotatable bonds is 6. The van der Waals surface area contributed by atoms with Crippen LogP contribution in [0.15, 0.2) is 48.5 Å². The Morgan fingerprint density at radius 3 is 2.52 bits per heavy atom. The van der Waals surface area contributed by atoms with Crippen LogP contribution in [-0.4, -0.2) is 25.6 Å². The molecule has 0 heterocycles. The fraction of sp³-hybridized carbons (Fsp3) is 0.158. The van der Waals surface area contributed by atoms with Crippen LogP contribution in [0.25, 0.3) is 6.08 Å². The van der Waals surface area contributed by atoms with Gasteiger partial charge in [-0.3, -0.25) is 4.79 Å². The van der Waals surface area contributed by atoms with E-state index < -0.39 is 24.3 Å². The molecule has 2 rings (SSSR count). The molecular weight excluding hydrogens is 325 g/mol. The number of hydrogen-bond acceptors (Lipinski definition) is 4. The Hall–Kier alpha value is -3.15. The van der Waals surface area contributed by atoms with Crippen molar-refractivity contribution in [1.29, 1.82) is 0 Å². The van der Waals surface area contributed by atoms with E-state index in [1.165, 1.54) is 12.1 Å². The monoisotopic (exact) mass is 343 g/mol. The summed E-state index contributed by atoms with van der Waals surface area (Å²) < 4.78 is 23.3. The van der Waals surface area contributed by atoms with Crippen molar-refractivity contribution >= 4 is 23.6 Å². The highest BCUT2D eigenvalue weighted by Gasteiger charge is 2.07. The Morgan fingerprint density at radius 2 is 1.88 bits per heavy atom. The molecule has 0 aromatic heterocycles. The van der Waals surface area contributed by atoms with Crippen LogP contribution in [0.2, 0.25) is 0 Å². The predicted octanol–water partition coefficient (Wildman–Crippen LogP) is 3.34. The zero-order chi connectivity index (χ0) is 18.2. The minimum Gasteiger partial charge on any atom is -0.497 e. The predicted molar refractivity (Wildman–Crippen MR) is 92.8 cm³/mol. The number of aryl methyl sites for hydroxylation is 1. The molecule has 0 saturated heterocycles. The minimum atomic E-state index is -0.652. The summed E-state index contributed by atoms with van der Waals surface area (Å²) in [6, 6.07) is 11.4. The summed E-state index contributed by atoms with van der Waals surface area (Å²) in [5.41, 5.74) is 1.57. The maximum atomic E-state index is 13.4. The van der Waals surface area contributed by atoms with E-state index in [0.29, 0.717) is 17.0 Å². The summed E-state index contributed by atoms with van der Waals surface area (Å²) in [5.74, 6) is -0.906. The first-order chi connectivity index (χ1) is 12.0. The van der Waals surface area contributed by atoms with E-state index in [1.54, 1.807) is 56.5 Å². The average molecular weight is 343 g/mol. The molecule has 0 aliphatic heterocycles. The van der Waals surface area contributed by atoms with Crippen molar-refractivity contribution in [1.82, 2.24) is 0 Å². The van der Waals surface area contributed by atoms with E-state index in [0.717, 1.165) is 5.56 Å². The van der Waals surface area contributed by atoms with Crippen LogP contribution >= 0.6 is 0 Å². The molecule has 0 radical (unpaired) electrons. The third-order valence-electron chi connectivity index (χ3n) is 3.33. The highest BCUT2D eigenvalue weighted by atomic mass is 19.1. The number of benzene rings is 2. The molecule has 0 aliphatic carbocycles. The zero-order valence-electron chi connectivity index (χ0n) is 13.9. The summed E-state index contributed by atoms with van der Waals surface area (Å²) in [6.07, 6.45) is 2.79. The smallest absolute Gasteiger partial charge is 0.331 e. The number of ether oxygens (including phenoxy) is 2. The van der Waals surface area contributed by atoms with Crippen LogP contribution in [0.1, 0.15) is 11.1 Å². The molecular formula is C19H18FNO4. The number of methoxy groups -OCH3 is 1. The van der Waals surface area contributed by atoms with E-state index in [9.17, 15) is 14.0 Å². The van der Waals surface area contributed by atoms with Crippen LogP contribution in [0.3, 0.4) is 0 Å². The minimum absolute atomic E-state index is 0.304. The van der Waals surface area contributed by atoms with Gasteiger partial charge in [0, 0.05) is 11.8 Å². The molecule has 0 fully saturated rings. The summed E-state index contributed by atoms with van der Waals surface area (Å²) in [5, 5.41) is 2.46. The van der Waals surface area contributed by atoms with Crippen molar-refractivity contribution in [3.8, 4) is 5.75 Å². The van der Waals surface area contributed by atoms with Crippen LogP contribution in [0.5, 0.6) is 5.75 Å². The maximum Gasteiger partial charge on any atom is 0.331 e. The summed E-state index contributed by atoms with van der Waals surface area (Å²) >= 11 is 0. The molecule has 0 spiro atoms. The first-order valence-corrected chi connectivity index (χ1v) is 7.53. The molecule has 1 N–H and O–H groups in total. The molecule has 0 unspecified atom stereocenters. The Kier molecular flexibility index (Phi) is 6.28. The number of anilines is 1. The molecule has 0 aliphatic rings. The lowest BCUT2D eigenvalue weighted by molar-refractivity contribution is -0.142. The topological polar surface area (TPSA) is 64.6 Å². The van der Waals surface area contributed by atoms with E-state index in [4.69, 9.17) is 9.47 Å². The van der Waals surface area contributed by atoms with E-state index in [1.807, 2.05) is 0 Å². The third-order valence-corrected chi connectivity index (χ3v) is 3.33. The number of nitrogens with one attached hydrogen (secondary N) is 1. The maximum absolute atomic E-state index is 13.4. The first-order valence-electron chi connectivity index (χ1n) is 7.53. The van der Waals surface area contributed by atoms with Gasteiger partial charge in [0.05, 0.1) is 7.11 Å². The number of carbonyl (C=O) groups excluding carboxylic acids is 2. The molecule has 6 heteroatoms. The van der Waals surface area contributed by atoms with Gasteiger partial charge in [0.25, 0.3) is 5.91 Å². The quantitative estimate of drug-likeness (QED) is 0.645. The van der Waals surface area contributed by atoms with Gasteiger partial charge in [0.2, 0.25) is 0 Å². The Bertz CT molecular complexity index is 785. The number of esters is 1. The van der Waals surface area contributed by atoms with E-state index in [2.05, 4.69) is 5.32 Å². The first kappa shape index (κ1) is 18.2. The highest BCUT2D eigenvalue weighted by molar-refractivity contribution is 5.94. The van der Waals surface area contributed by atoms with Crippen molar-refractivity contribution in [3.05, 3.63) is 65.5 Å². The van der Waals surface area contributed by atoms with Crippen molar-refractivity contribution < 1.29 is 23.5 Å². The van der Waals surface area contributed by atoms with Crippen LogP contribution in [-0.2, 0) is 14.3 Å². The molecule has 2 aromatic rings. The zero-order valence-corrected chi connectivity index (χ0v) is 13.9. The average Bonchev–Trinajstić information content (AvgIpc) is 2.61. The summed E-state index contributed by atoms with van der Waals surface area (Å²) in [4.78, 5) is 23.3. The molecule has 130 valence electrons. The highest BCUT2D eigenvalue weighted by Crippen LogP contribution is 2.14. The number of amides is 1. The second kappa shape index (κ2) is 8.63. The SMILES string of the molecule is COc1ccc(/C=C/C(=O)OCC(=O)Nc2ccc(C)c(F)c2)cc1. The molecule has 0 atom stereocenters. The number of carbonyl (C=O) groups is 2. The van der Waals surface area contributed by atoms with Crippen LogP contribution < -0.4 is 10.1 Å². The van der Waals surface area contributed by atoms with Crippen molar-refractivity contribution in [2.45, 2.75) is 6.92 Å². The fourth-order valence-electron chi connectivity index (χ4n) is 1.93. The van der Waals surface area contributed by atoms with E-state index >= 15 is 0 Å². The van der Waals surface area contributed by atoms with Crippen molar-refractivity contribution in [2.75, 3.05) is 19.0 Å². The Morgan fingerprint density at radius 1 is 1.16 bits per heavy atom. The van der Waals surface area contributed by atoms with Gasteiger partial charge in [-0.15, -0.1) is 0 Å². The lowest BCUT2D eigenvalue weighted by atomic mass is 10.2. The normalized spacial score (nSPS) is 10.5. The largest absolute Gasteiger partial charge is 0.497 e.